The van der Waals surface area contributed by atoms with Crippen molar-refractivity contribution in [1.82, 2.24) is 4.90 Å². The number of halogens is 1. The van der Waals surface area contributed by atoms with E-state index in [1.165, 1.54) is 5.56 Å². The van der Waals surface area contributed by atoms with Crippen LogP contribution in [0.1, 0.15) is 23.6 Å². The minimum atomic E-state index is -0.218. The molecule has 0 aromatic heterocycles. The molecule has 2 amide bonds. The Balaban J connectivity index is 1.84. The number of fused-ring (bicyclic) bond motifs is 1. The van der Waals surface area contributed by atoms with Crippen molar-refractivity contribution in [2.45, 2.75) is 18.9 Å². The summed E-state index contributed by atoms with van der Waals surface area (Å²) in [5.41, 5.74) is 2.91. The maximum Gasteiger partial charge on any atom is 0.322 e. The molecule has 0 fully saturated rings. The van der Waals surface area contributed by atoms with E-state index < -0.39 is 0 Å². The molecule has 4 nitrogen and oxygen atoms in total. The summed E-state index contributed by atoms with van der Waals surface area (Å²) >= 11 is 5.95. The molecule has 0 bridgehead atoms. The molecule has 0 radical (unpaired) electrons. The van der Waals surface area contributed by atoms with Crippen LogP contribution in [0, 0.1) is 11.3 Å². The zero-order valence-electron chi connectivity index (χ0n) is 12.5. The maximum absolute atomic E-state index is 12.6. The highest BCUT2D eigenvalue weighted by Gasteiger charge is 2.30. The lowest BCUT2D eigenvalue weighted by molar-refractivity contribution is 0.183. The molecule has 3 rings (SSSR count). The van der Waals surface area contributed by atoms with Crippen molar-refractivity contribution in [1.29, 1.82) is 5.26 Å². The van der Waals surface area contributed by atoms with Gasteiger partial charge in [-0.3, -0.25) is 0 Å². The Bertz CT molecular complexity index is 769. The van der Waals surface area contributed by atoms with Gasteiger partial charge in [0.15, 0.2) is 0 Å². The van der Waals surface area contributed by atoms with E-state index in [1.807, 2.05) is 18.2 Å². The number of hydrogen-bond donors (Lipinski definition) is 1. The van der Waals surface area contributed by atoms with Crippen LogP contribution in [0.5, 0.6) is 0 Å². The van der Waals surface area contributed by atoms with E-state index >= 15 is 0 Å². The van der Waals surface area contributed by atoms with Crippen molar-refractivity contribution in [2.75, 3.05) is 11.9 Å². The molecule has 0 unspecified atom stereocenters. The van der Waals surface area contributed by atoms with Gasteiger partial charge in [0.2, 0.25) is 0 Å². The smallest absolute Gasteiger partial charge is 0.316 e. The van der Waals surface area contributed by atoms with E-state index in [0.717, 1.165) is 12.0 Å². The predicted molar refractivity (Wildman–Crippen MR) is 90.3 cm³/mol. The van der Waals surface area contributed by atoms with Gasteiger partial charge in [0, 0.05) is 17.3 Å². The summed E-state index contributed by atoms with van der Waals surface area (Å²) in [6.07, 6.45) is 1.07. The van der Waals surface area contributed by atoms with Crippen molar-refractivity contribution in [3.63, 3.8) is 0 Å². The number of amides is 2. The third-order valence-electron chi connectivity index (χ3n) is 4.03. The molecule has 0 aliphatic carbocycles. The van der Waals surface area contributed by atoms with Gasteiger partial charge in [0.25, 0.3) is 0 Å². The highest BCUT2D eigenvalue weighted by molar-refractivity contribution is 6.30. The fourth-order valence-corrected chi connectivity index (χ4v) is 3.15. The Morgan fingerprint density at radius 1 is 1.30 bits per heavy atom. The van der Waals surface area contributed by atoms with Gasteiger partial charge in [-0.25, -0.2) is 4.79 Å². The van der Waals surface area contributed by atoms with Gasteiger partial charge in [0.1, 0.15) is 0 Å². The molecule has 116 valence electrons. The lowest BCUT2D eigenvalue weighted by Crippen LogP contribution is -2.42. The Morgan fingerprint density at radius 2 is 2.13 bits per heavy atom. The summed E-state index contributed by atoms with van der Waals surface area (Å²) in [6.45, 7) is 0.593. The number of benzene rings is 2. The molecule has 0 saturated carbocycles. The zero-order valence-corrected chi connectivity index (χ0v) is 13.3. The zero-order chi connectivity index (χ0) is 16.2. The first kappa shape index (κ1) is 15.4. The molecule has 1 aliphatic heterocycles. The van der Waals surface area contributed by atoms with Crippen LogP contribution in [-0.4, -0.2) is 17.5 Å². The molecule has 23 heavy (non-hydrogen) atoms. The van der Waals surface area contributed by atoms with Gasteiger partial charge >= 0.3 is 6.03 Å². The molecule has 1 heterocycles. The molecule has 0 spiro atoms. The molecule has 1 N–H and O–H groups in total. The minimum Gasteiger partial charge on any atom is -0.316 e. The highest BCUT2D eigenvalue weighted by atomic mass is 35.5. The summed E-state index contributed by atoms with van der Waals surface area (Å²) in [5, 5.41) is 12.6. The Kier molecular flexibility index (Phi) is 4.50. The van der Waals surface area contributed by atoms with Gasteiger partial charge in [-0.2, -0.15) is 5.26 Å². The minimum absolute atomic E-state index is 0.206. The van der Waals surface area contributed by atoms with E-state index in [4.69, 9.17) is 16.9 Å². The topological polar surface area (TPSA) is 56.1 Å². The van der Waals surface area contributed by atoms with Crippen LogP contribution in [-0.2, 0) is 6.42 Å². The number of hydrogen-bond acceptors (Lipinski definition) is 2. The number of rotatable bonds is 2. The van der Waals surface area contributed by atoms with Crippen molar-refractivity contribution in [3.8, 4) is 6.07 Å². The number of urea groups is 1. The Labute approximate surface area is 140 Å². The summed E-state index contributed by atoms with van der Waals surface area (Å²) in [4.78, 5) is 14.4. The maximum atomic E-state index is 12.6. The van der Waals surface area contributed by atoms with Crippen LogP contribution in [0.2, 0.25) is 5.02 Å². The molecule has 1 atom stereocenters. The molecule has 0 saturated heterocycles. The largest absolute Gasteiger partial charge is 0.322 e. The Hall–Kier alpha value is -2.51. The van der Waals surface area contributed by atoms with Crippen LogP contribution in [0.25, 0.3) is 0 Å². The van der Waals surface area contributed by atoms with E-state index in [1.54, 1.807) is 29.2 Å². The lowest BCUT2D eigenvalue weighted by atomic mass is 9.91. The number of carbonyl (C=O) groups excluding carboxylic acids is 1. The number of nitriles is 1. The van der Waals surface area contributed by atoms with Gasteiger partial charge in [0.05, 0.1) is 18.5 Å². The monoisotopic (exact) mass is 325 g/mol. The number of carbonyl (C=O) groups is 1. The van der Waals surface area contributed by atoms with Gasteiger partial charge in [-0.1, -0.05) is 41.9 Å². The molecular formula is C18H16ClN3O. The molecule has 2 aromatic carbocycles. The summed E-state index contributed by atoms with van der Waals surface area (Å²) in [7, 11) is 0. The van der Waals surface area contributed by atoms with E-state index in [9.17, 15) is 4.79 Å². The molecule has 1 aliphatic rings. The summed E-state index contributed by atoms with van der Waals surface area (Å²) in [5.74, 6) is 0. The van der Waals surface area contributed by atoms with Crippen molar-refractivity contribution in [2.24, 2.45) is 0 Å². The first-order valence-corrected chi connectivity index (χ1v) is 7.85. The van der Waals surface area contributed by atoms with Gasteiger partial charge < -0.3 is 10.2 Å². The second kappa shape index (κ2) is 6.72. The fraction of sp³-hybridized carbons (Fsp3) is 0.222. The predicted octanol–water partition coefficient (Wildman–Crippen LogP) is 4.38. The second-order valence-corrected chi connectivity index (χ2v) is 5.90. The van der Waals surface area contributed by atoms with Gasteiger partial charge in [-0.05, 0) is 35.7 Å². The third kappa shape index (κ3) is 3.30. The van der Waals surface area contributed by atoms with Crippen LogP contribution in [0.15, 0.2) is 48.5 Å². The van der Waals surface area contributed by atoms with Crippen LogP contribution in [0.4, 0.5) is 10.5 Å². The standard InChI is InChI=1S/C18H16ClN3O/c19-14-5-3-6-15(12-14)21-18(23)22-11-9-13-4-1-2-7-16(13)17(22)8-10-20/h1-7,12,17H,8-9,11H2,(H,21,23)/t17-/m1/s1. The highest BCUT2D eigenvalue weighted by Crippen LogP contribution is 2.32. The van der Waals surface area contributed by atoms with Crippen molar-refractivity contribution < 1.29 is 4.79 Å². The number of nitrogens with zero attached hydrogens (tertiary/aromatic N) is 2. The molecular weight excluding hydrogens is 310 g/mol. The van der Waals surface area contributed by atoms with Crippen molar-refractivity contribution >= 4 is 23.3 Å². The fourth-order valence-electron chi connectivity index (χ4n) is 2.96. The number of nitrogens with one attached hydrogen (secondary N) is 1. The van der Waals surface area contributed by atoms with Crippen LogP contribution < -0.4 is 5.32 Å². The number of anilines is 1. The first-order chi connectivity index (χ1) is 11.2. The van der Waals surface area contributed by atoms with Crippen LogP contribution >= 0.6 is 11.6 Å². The summed E-state index contributed by atoms with van der Waals surface area (Å²) in [6, 6.07) is 16.8. The SMILES string of the molecule is N#CC[C@@H]1c2ccccc2CCN1C(=O)Nc1cccc(Cl)c1. The lowest BCUT2D eigenvalue weighted by Gasteiger charge is -2.36. The van der Waals surface area contributed by atoms with Crippen LogP contribution in [0.3, 0.4) is 0 Å². The molecule has 5 heteroatoms. The van der Waals surface area contributed by atoms with Gasteiger partial charge in [-0.15, -0.1) is 0 Å². The Morgan fingerprint density at radius 3 is 2.91 bits per heavy atom. The quantitative estimate of drug-likeness (QED) is 0.890. The van der Waals surface area contributed by atoms with E-state index in [2.05, 4.69) is 17.5 Å². The summed E-state index contributed by atoms with van der Waals surface area (Å²) < 4.78 is 0. The molecule has 2 aromatic rings. The van der Waals surface area contributed by atoms with E-state index in [0.29, 0.717) is 17.3 Å². The van der Waals surface area contributed by atoms with Crippen molar-refractivity contribution in [3.05, 3.63) is 64.7 Å². The normalized spacial score (nSPS) is 16.3. The average molecular weight is 326 g/mol. The second-order valence-electron chi connectivity index (χ2n) is 5.46. The van der Waals surface area contributed by atoms with E-state index in [-0.39, 0.29) is 18.5 Å². The first-order valence-electron chi connectivity index (χ1n) is 7.47. The average Bonchev–Trinajstić information content (AvgIpc) is 2.55. The third-order valence-corrected chi connectivity index (χ3v) is 4.27.